The van der Waals surface area contributed by atoms with E-state index in [-0.39, 0.29) is 6.61 Å². The van der Waals surface area contributed by atoms with Crippen molar-refractivity contribution < 1.29 is 5.11 Å². The van der Waals surface area contributed by atoms with Crippen LogP contribution in [0.15, 0.2) is 97.3 Å². The molecule has 0 radical (unpaired) electrons. The number of fused-ring (bicyclic) bond motifs is 1. The van der Waals surface area contributed by atoms with Gasteiger partial charge in [0.1, 0.15) is 5.65 Å². The first kappa shape index (κ1) is 22.7. The van der Waals surface area contributed by atoms with Gasteiger partial charge >= 0.3 is 0 Å². The van der Waals surface area contributed by atoms with Crippen molar-refractivity contribution in [2.24, 2.45) is 0 Å². The number of hydrogen-bond acceptors (Lipinski definition) is 3. The fraction of sp³-hybridized carbons (Fsp3) is 0.219. The molecule has 180 valence electrons. The lowest BCUT2D eigenvalue weighted by Gasteiger charge is -2.22. The Kier molecular flexibility index (Phi) is 6.14. The molecule has 1 saturated heterocycles. The molecule has 1 atom stereocenters. The summed E-state index contributed by atoms with van der Waals surface area (Å²) in [4.78, 5) is 7.13. The van der Waals surface area contributed by atoms with Crippen LogP contribution in [0, 0.1) is 6.92 Å². The molecule has 2 aromatic heterocycles. The lowest BCUT2D eigenvalue weighted by molar-refractivity contribution is 0.153. The summed E-state index contributed by atoms with van der Waals surface area (Å²) in [5.41, 5.74) is 10.6. The van der Waals surface area contributed by atoms with Gasteiger partial charge in [0.2, 0.25) is 0 Å². The summed E-state index contributed by atoms with van der Waals surface area (Å²) in [6.45, 7) is 4.41. The van der Waals surface area contributed by atoms with Gasteiger partial charge < -0.3 is 5.11 Å². The second-order valence-electron chi connectivity index (χ2n) is 9.78. The molecule has 5 aromatic rings. The van der Waals surface area contributed by atoms with Crippen LogP contribution in [0.25, 0.3) is 39.2 Å². The van der Waals surface area contributed by atoms with E-state index in [2.05, 4.69) is 107 Å². The second-order valence-corrected chi connectivity index (χ2v) is 9.78. The average Bonchev–Trinajstić information content (AvgIpc) is 3.56. The van der Waals surface area contributed by atoms with Crippen molar-refractivity contribution in [2.75, 3.05) is 13.2 Å². The first-order valence-corrected chi connectivity index (χ1v) is 12.8. The normalized spacial score (nSPS) is 16.1. The smallest absolute Gasteiger partial charge is 0.137 e. The zero-order valence-electron chi connectivity index (χ0n) is 20.6. The molecular weight excluding hydrogens is 442 g/mol. The Balaban J connectivity index is 1.28. The molecule has 1 aliphatic rings. The zero-order chi connectivity index (χ0) is 24.5. The quantitative estimate of drug-likeness (QED) is 0.302. The number of benzene rings is 3. The highest BCUT2D eigenvalue weighted by Gasteiger charge is 2.23. The van der Waals surface area contributed by atoms with E-state index in [4.69, 9.17) is 4.98 Å². The first-order chi connectivity index (χ1) is 17.7. The highest BCUT2D eigenvalue weighted by atomic mass is 16.3. The molecular formula is C32H31N3O. The fourth-order valence-corrected chi connectivity index (χ4v) is 5.57. The van der Waals surface area contributed by atoms with Gasteiger partial charge in [0.15, 0.2) is 0 Å². The molecule has 0 saturated carbocycles. The molecule has 3 aromatic carbocycles. The number of aliphatic hydroxyl groups is 1. The Morgan fingerprint density at radius 3 is 2.42 bits per heavy atom. The molecule has 0 unspecified atom stereocenters. The summed E-state index contributed by atoms with van der Waals surface area (Å²) in [5.74, 6) is 0. The van der Waals surface area contributed by atoms with E-state index in [1.807, 2.05) is 6.20 Å². The molecule has 3 heterocycles. The lowest BCUT2D eigenvalue weighted by atomic mass is 9.93. The number of imidazole rings is 1. The van der Waals surface area contributed by atoms with Gasteiger partial charge in [0.05, 0.1) is 18.5 Å². The molecule has 0 aliphatic carbocycles. The van der Waals surface area contributed by atoms with Crippen molar-refractivity contribution in [3.63, 3.8) is 0 Å². The van der Waals surface area contributed by atoms with E-state index in [1.165, 1.54) is 39.8 Å². The van der Waals surface area contributed by atoms with Crippen molar-refractivity contribution in [1.82, 2.24) is 14.3 Å². The van der Waals surface area contributed by atoms with Crippen LogP contribution in [-0.4, -0.2) is 38.6 Å². The highest BCUT2D eigenvalue weighted by molar-refractivity contribution is 5.80. The molecule has 0 spiro atoms. The summed E-state index contributed by atoms with van der Waals surface area (Å²) in [7, 11) is 0. The Hall–Kier alpha value is -3.73. The highest BCUT2D eigenvalue weighted by Crippen LogP contribution is 2.33. The fourth-order valence-electron chi connectivity index (χ4n) is 5.57. The van der Waals surface area contributed by atoms with Crippen molar-refractivity contribution in [3.8, 4) is 33.5 Å². The molecule has 0 bridgehead atoms. The van der Waals surface area contributed by atoms with E-state index in [1.54, 1.807) is 0 Å². The number of aromatic nitrogens is 2. The standard InChI is InChI=1S/C32H31N3O/c1-23-29(25-7-3-2-4-8-25)10-5-11-30(23)27-16-18-35-31(20-33-32(35)19-27)26-14-12-24(13-15-26)21-34-17-6-9-28(34)22-36/h2-5,7-8,10-16,18-20,28,36H,6,9,17,21-22H2,1H3/t28-/m0/s1. The van der Waals surface area contributed by atoms with Gasteiger partial charge in [-0.2, -0.15) is 0 Å². The molecule has 4 nitrogen and oxygen atoms in total. The predicted molar refractivity (Wildman–Crippen MR) is 147 cm³/mol. The van der Waals surface area contributed by atoms with Gasteiger partial charge in [-0.05, 0) is 71.8 Å². The van der Waals surface area contributed by atoms with E-state index in [0.717, 1.165) is 36.4 Å². The lowest BCUT2D eigenvalue weighted by Crippen LogP contribution is -2.31. The van der Waals surface area contributed by atoms with Crippen LogP contribution >= 0.6 is 0 Å². The van der Waals surface area contributed by atoms with Gasteiger partial charge in [-0.3, -0.25) is 9.30 Å². The Labute approximate surface area is 212 Å². The van der Waals surface area contributed by atoms with Gasteiger partial charge in [-0.25, -0.2) is 4.98 Å². The van der Waals surface area contributed by atoms with Gasteiger partial charge in [-0.15, -0.1) is 0 Å². The van der Waals surface area contributed by atoms with Crippen LogP contribution in [0.3, 0.4) is 0 Å². The van der Waals surface area contributed by atoms with Crippen molar-refractivity contribution in [2.45, 2.75) is 32.4 Å². The van der Waals surface area contributed by atoms with E-state index in [0.29, 0.717) is 6.04 Å². The van der Waals surface area contributed by atoms with E-state index in [9.17, 15) is 5.11 Å². The summed E-state index contributed by atoms with van der Waals surface area (Å²) in [6, 6.07) is 30.5. The van der Waals surface area contributed by atoms with Gasteiger partial charge in [0, 0.05) is 24.3 Å². The maximum Gasteiger partial charge on any atom is 0.137 e. The minimum absolute atomic E-state index is 0.248. The maximum atomic E-state index is 9.61. The minimum Gasteiger partial charge on any atom is -0.395 e. The topological polar surface area (TPSA) is 40.8 Å². The Morgan fingerprint density at radius 2 is 1.64 bits per heavy atom. The number of pyridine rings is 1. The third-order valence-corrected chi connectivity index (χ3v) is 7.59. The third-order valence-electron chi connectivity index (χ3n) is 7.59. The summed E-state index contributed by atoms with van der Waals surface area (Å²) >= 11 is 0. The predicted octanol–water partition coefficient (Wildman–Crippen LogP) is 6.60. The summed E-state index contributed by atoms with van der Waals surface area (Å²) < 4.78 is 2.16. The molecule has 4 heteroatoms. The van der Waals surface area contributed by atoms with Crippen LogP contribution in [0.2, 0.25) is 0 Å². The maximum absolute atomic E-state index is 9.61. The average molecular weight is 474 g/mol. The Morgan fingerprint density at radius 1 is 0.861 bits per heavy atom. The molecule has 1 fully saturated rings. The van der Waals surface area contributed by atoms with Crippen LogP contribution in [0.5, 0.6) is 0 Å². The first-order valence-electron chi connectivity index (χ1n) is 12.8. The van der Waals surface area contributed by atoms with Gasteiger partial charge in [0.25, 0.3) is 0 Å². The van der Waals surface area contributed by atoms with Crippen LogP contribution in [0.1, 0.15) is 24.0 Å². The van der Waals surface area contributed by atoms with E-state index < -0.39 is 0 Å². The SMILES string of the molecule is Cc1c(-c2ccccc2)cccc1-c1ccn2c(-c3ccc(CN4CCC[C@H]4CO)cc3)cnc2c1. The summed E-state index contributed by atoms with van der Waals surface area (Å²) in [5, 5.41) is 9.61. The summed E-state index contributed by atoms with van der Waals surface area (Å²) in [6.07, 6.45) is 6.35. The molecule has 6 rings (SSSR count). The third kappa shape index (κ3) is 4.23. The van der Waals surface area contributed by atoms with Crippen LogP contribution in [-0.2, 0) is 6.54 Å². The van der Waals surface area contributed by atoms with E-state index >= 15 is 0 Å². The van der Waals surface area contributed by atoms with Crippen molar-refractivity contribution in [3.05, 3.63) is 108 Å². The monoisotopic (exact) mass is 473 g/mol. The molecule has 1 aliphatic heterocycles. The number of hydrogen-bond donors (Lipinski definition) is 1. The molecule has 0 amide bonds. The van der Waals surface area contributed by atoms with Gasteiger partial charge in [-0.1, -0.05) is 72.8 Å². The largest absolute Gasteiger partial charge is 0.395 e. The Bertz CT molecular complexity index is 1490. The minimum atomic E-state index is 0.248. The van der Waals surface area contributed by atoms with Crippen molar-refractivity contribution >= 4 is 5.65 Å². The van der Waals surface area contributed by atoms with Crippen LogP contribution in [0.4, 0.5) is 0 Å². The zero-order valence-corrected chi connectivity index (χ0v) is 20.6. The second kappa shape index (κ2) is 9.73. The molecule has 1 N–H and O–H groups in total. The van der Waals surface area contributed by atoms with Crippen LogP contribution < -0.4 is 0 Å². The van der Waals surface area contributed by atoms with Crippen molar-refractivity contribution in [1.29, 1.82) is 0 Å². The number of likely N-dealkylation sites (tertiary alicyclic amines) is 1. The number of aliphatic hydroxyl groups excluding tert-OH is 1. The molecule has 36 heavy (non-hydrogen) atoms. The number of nitrogens with zero attached hydrogens (tertiary/aromatic N) is 3. The number of rotatable bonds is 6.